The van der Waals surface area contributed by atoms with E-state index in [0.29, 0.717) is 12.8 Å². The Morgan fingerprint density at radius 2 is 1.57 bits per heavy atom. The van der Waals surface area contributed by atoms with Crippen molar-refractivity contribution in [3.63, 3.8) is 0 Å². The van der Waals surface area contributed by atoms with Crippen molar-refractivity contribution in [1.82, 2.24) is 20.9 Å². The number of hydrogen-bond acceptors (Lipinski definition) is 7. The summed E-state index contributed by atoms with van der Waals surface area (Å²) in [7, 11) is 0. The van der Waals surface area contributed by atoms with Gasteiger partial charge < -0.3 is 31.3 Å². The van der Waals surface area contributed by atoms with Gasteiger partial charge in [-0.05, 0) is 47.5 Å². The molecule has 0 spiro atoms. The van der Waals surface area contributed by atoms with Gasteiger partial charge in [0.25, 0.3) is 5.91 Å². The summed E-state index contributed by atoms with van der Waals surface area (Å²) in [5.41, 5.74) is 5.32. The molecule has 12 heteroatoms. The molecule has 5 N–H and O–H groups in total. The third-order valence-electron chi connectivity index (χ3n) is 8.81. The number of nitrogens with two attached hydrogens (primary N) is 1. The molecule has 1 saturated heterocycles. The topological polar surface area (TPSA) is 177 Å². The second-order valence-electron chi connectivity index (χ2n) is 14.4. The number of urea groups is 1. The Morgan fingerprint density at radius 1 is 0.935 bits per heavy atom. The van der Waals surface area contributed by atoms with Crippen molar-refractivity contribution in [3.8, 4) is 0 Å². The van der Waals surface area contributed by atoms with E-state index in [9.17, 15) is 28.8 Å². The monoisotopic (exact) mass is 641 g/mol. The van der Waals surface area contributed by atoms with Crippen molar-refractivity contribution in [1.29, 1.82) is 0 Å². The van der Waals surface area contributed by atoms with Gasteiger partial charge in [-0.15, -0.1) is 0 Å². The third kappa shape index (κ3) is 9.77. The zero-order valence-corrected chi connectivity index (χ0v) is 28.1. The number of Topliss-reactive ketones (excluding diaryl/α,β-unsaturated/α-hetero) is 1. The minimum Gasteiger partial charge on any atom is -0.459 e. The fraction of sp³-hybridized carbons (Fsp3) is 0.647. The zero-order valence-electron chi connectivity index (χ0n) is 28.1. The van der Waals surface area contributed by atoms with Crippen LogP contribution in [0.15, 0.2) is 30.3 Å². The lowest BCUT2D eigenvalue weighted by Crippen LogP contribution is -2.62. The Morgan fingerprint density at radius 3 is 2.09 bits per heavy atom. The number of primary amides is 1. The Balaban J connectivity index is 1.77. The molecule has 5 atom stereocenters. The van der Waals surface area contributed by atoms with Gasteiger partial charge in [0.05, 0.1) is 6.04 Å². The van der Waals surface area contributed by atoms with E-state index in [-0.39, 0.29) is 36.8 Å². The highest BCUT2D eigenvalue weighted by Gasteiger charge is 2.48. The predicted octanol–water partition coefficient (Wildman–Crippen LogP) is 2.68. The van der Waals surface area contributed by atoms with Crippen LogP contribution in [0.4, 0.5) is 4.79 Å². The van der Waals surface area contributed by atoms with Gasteiger partial charge in [-0.1, -0.05) is 91.6 Å². The average molecular weight is 642 g/mol. The van der Waals surface area contributed by atoms with Crippen LogP contribution < -0.4 is 21.7 Å². The number of rotatable bonds is 14. The van der Waals surface area contributed by atoms with Crippen LogP contribution in [-0.4, -0.2) is 71.1 Å². The Labute approximate surface area is 271 Å². The second-order valence-corrected chi connectivity index (χ2v) is 14.4. The largest absolute Gasteiger partial charge is 0.459 e. The maximum atomic E-state index is 14.2. The molecule has 1 heterocycles. The van der Waals surface area contributed by atoms with Crippen LogP contribution >= 0.6 is 0 Å². The molecular formula is C34H51N5O7. The lowest BCUT2D eigenvalue weighted by atomic mass is 9.84. The molecule has 12 nitrogen and oxygen atoms in total. The maximum Gasteiger partial charge on any atom is 0.329 e. The fourth-order valence-electron chi connectivity index (χ4n) is 5.89. The smallest absolute Gasteiger partial charge is 0.329 e. The molecule has 1 aliphatic carbocycles. The van der Waals surface area contributed by atoms with Crippen LogP contribution in [0.2, 0.25) is 0 Å². The zero-order chi connectivity index (χ0) is 34.3. The summed E-state index contributed by atoms with van der Waals surface area (Å²) in [6, 6.07) is 4.47. The highest BCUT2D eigenvalue weighted by atomic mass is 16.5. The van der Waals surface area contributed by atoms with Gasteiger partial charge in [-0.25, -0.2) is 9.59 Å². The fourth-order valence-corrected chi connectivity index (χ4v) is 5.89. The van der Waals surface area contributed by atoms with E-state index >= 15 is 0 Å². The molecule has 0 radical (unpaired) electrons. The number of ketones is 1. The summed E-state index contributed by atoms with van der Waals surface area (Å²) in [4.78, 5) is 80.1. The first-order chi connectivity index (χ1) is 21.5. The average Bonchev–Trinajstić information content (AvgIpc) is 3.68. The maximum absolute atomic E-state index is 14.2. The number of benzene rings is 1. The van der Waals surface area contributed by atoms with Crippen molar-refractivity contribution in [2.45, 2.75) is 105 Å². The Bertz CT molecular complexity index is 1270. The molecule has 3 rings (SSSR count). The van der Waals surface area contributed by atoms with Crippen LogP contribution in [0.1, 0.15) is 79.7 Å². The van der Waals surface area contributed by atoms with E-state index in [2.05, 4.69) is 16.0 Å². The number of carbonyl (C=O) groups excluding carboxylic acids is 6. The first kappa shape index (κ1) is 36.5. The predicted molar refractivity (Wildman–Crippen MR) is 172 cm³/mol. The minimum absolute atomic E-state index is 0.0281. The molecule has 1 aromatic carbocycles. The van der Waals surface area contributed by atoms with Crippen molar-refractivity contribution in [2.24, 2.45) is 34.8 Å². The number of nitrogens with one attached hydrogen (secondary N) is 3. The Hall–Kier alpha value is -3.96. The molecule has 254 valence electrons. The summed E-state index contributed by atoms with van der Waals surface area (Å²) >= 11 is 0. The lowest BCUT2D eigenvalue weighted by molar-refractivity contribution is -0.148. The van der Waals surface area contributed by atoms with Crippen LogP contribution in [0.25, 0.3) is 0 Å². The molecule has 0 aromatic heterocycles. The van der Waals surface area contributed by atoms with Gasteiger partial charge >= 0.3 is 12.0 Å². The molecule has 5 amide bonds. The first-order valence-corrected chi connectivity index (χ1v) is 16.2. The molecule has 2 aliphatic rings. The van der Waals surface area contributed by atoms with Crippen LogP contribution in [0, 0.1) is 29.1 Å². The Kier molecular flexibility index (Phi) is 12.3. The summed E-state index contributed by atoms with van der Waals surface area (Å²) in [6.07, 6.45) is 2.68. The van der Waals surface area contributed by atoms with Crippen molar-refractivity contribution in [3.05, 3.63) is 35.9 Å². The van der Waals surface area contributed by atoms with Gasteiger partial charge in [0.2, 0.25) is 17.6 Å². The number of ether oxygens (including phenoxy) is 1. The van der Waals surface area contributed by atoms with E-state index in [1.54, 1.807) is 34.6 Å². The van der Waals surface area contributed by atoms with Crippen LogP contribution in [0.5, 0.6) is 0 Å². The summed E-state index contributed by atoms with van der Waals surface area (Å²) in [5.74, 6) is -3.82. The minimum atomic E-state index is -1.11. The van der Waals surface area contributed by atoms with Gasteiger partial charge in [0.15, 0.2) is 0 Å². The van der Waals surface area contributed by atoms with Crippen LogP contribution in [-0.2, 0) is 35.3 Å². The first-order valence-electron chi connectivity index (χ1n) is 16.2. The quantitative estimate of drug-likeness (QED) is 0.178. The number of hydrogen-bond donors (Lipinski definition) is 4. The van der Waals surface area contributed by atoms with Crippen molar-refractivity contribution in [2.75, 3.05) is 6.54 Å². The van der Waals surface area contributed by atoms with Gasteiger partial charge in [0, 0.05) is 6.54 Å². The van der Waals surface area contributed by atoms with Gasteiger partial charge in [0.1, 0.15) is 24.7 Å². The van der Waals surface area contributed by atoms with E-state index in [0.717, 1.165) is 18.4 Å². The number of nitrogens with zero attached hydrogens (tertiary/aromatic N) is 1. The molecule has 1 aliphatic heterocycles. The number of carbonyl (C=O) groups is 6. The van der Waals surface area contributed by atoms with Gasteiger partial charge in [-0.2, -0.15) is 0 Å². The standard InChI is InChI=1S/C34H51N5O7/c1-19(2)23-15-16-39(26(23)30(42)36-24(17-21-13-14-21)27(40)29(35)41)31(43)28(34(5,6)7)38-33(45)37-25(20(3)4)32(44)46-18-22-11-9-8-10-12-22/h8-12,19-21,23-26,28H,13-18H2,1-7H3,(H2,35,41)(H,36,42)(H2,37,38,45)/t23-,24?,25+,26+,28-/m1/s1. The normalized spacial score (nSPS) is 20.1. The molecule has 1 aromatic rings. The summed E-state index contributed by atoms with van der Waals surface area (Å²) in [5, 5.41) is 8.18. The molecule has 1 unspecified atom stereocenters. The SMILES string of the molecule is CC(C)[C@H](NC(=O)N[C@H](C(=O)N1CC[C@H](C(C)C)[C@H]1C(=O)NC(CC1CC1)C(=O)C(N)=O)C(C)(C)C)C(=O)OCc1ccccc1. The molecule has 46 heavy (non-hydrogen) atoms. The third-order valence-corrected chi connectivity index (χ3v) is 8.81. The van der Waals surface area contributed by atoms with Crippen LogP contribution in [0.3, 0.4) is 0 Å². The highest BCUT2D eigenvalue weighted by Crippen LogP contribution is 2.35. The number of amides is 5. The van der Waals surface area contributed by atoms with Gasteiger partial charge in [-0.3, -0.25) is 19.2 Å². The van der Waals surface area contributed by atoms with E-state index < -0.39 is 65.1 Å². The summed E-state index contributed by atoms with van der Waals surface area (Å²) in [6.45, 7) is 13.2. The molecule has 2 fully saturated rings. The number of esters is 1. The van der Waals surface area contributed by atoms with E-state index in [1.165, 1.54) is 4.90 Å². The molecule has 1 saturated carbocycles. The van der Waals surface area contributed by atoms with E-state index in [1.807, 2.05) is 44.2 Å². The molecular weight excluding hydrogens is 590 g/mol. The van der Waals surface area contributed by atoms with E-state index in [4.69, 9.17) is 10.5 Å². The van der Waals surface area contributed by atoms with Crippen molar-refractivity contribution < 1.29 is 33.5 Å². The number of likely N-dealkylation sites (tertiary alicyclic amines) is 1. The molecule has 0 bridgehead atoms. The summed E-state index contributed by atoms with van der Waals surface area (Å²) < 4.78 is 5.47. The second kappa shape index (κ2) is 15.6. The lowest BCUT2D eigenvalue weighted by Gasteiger charge is -2.37. The highest BCUT2D eigenvalue weighted by molar-refractivity contribution is 6.37. The van der Waals surface area contributed by atoms with Crippen molar-refractivity contribution >= 4 is 35.5 Å².